The van der Waals surface area contributed by atoms with Crippen LogP contribution in [-0.4, -0.2) is 6.26 Å². The van der Waals surface area contributed by atoms with E-state index < -0.39 is 0 Å². The van der Waals surface area contributed by atoms with Crippen molar-refractivity contribution in [2.75, 3.05) is 6.26 Å². The highest BCUT2D eigenvalue weighted by Gasteiger charge is 2.08. The van der Waals surface area contributed by atoms with Crippen LogP contribution in [0.5, 0.6) is 5.75 Å². The summed E-state index contributed by atoms with van der Waals surface area (Å²) < 4.78 is 5.69. The van der Waals surface area contributed by atoms with Crippen LogP contribution in [0.4, 0.5) is 0 Å². The molecule has 0 amide bonds. The molecule has 17 heavy (non-hydrogen) atoms. The van der Waals surface area contributed by atoms with Gasteiger partial charge in [-0.25, -0.2) is 0 Å². The summed E-state index contributed by atoms with van der Waals surface area (Å²) in [6.45, 7) is 0.518. The second-order valence-electron chi connectivity index (χ2n) is 3.31. The molecule has 0 aliphatic heterocycles. The first kappa shape index (κ1) is 12.0. The van der Waals surface area contributed by atoms with E-state index in [4.69, 9.17) is 10.00 Å². The van der Waals surface area contributed by atoms with Gasteiger partial charge >= 0.3 is 0 Å². The molecule has 0 spiro atoms. The number of thiophene rings is 1. The van der Waals surface area contributed by atoms with Gasteiger partial charge in [-0.05, 0) is 29.8 Å². The van der Waals surface area contributed by atoms with Gasteiger partial charge in [0.25, 0.3) is 0 Å². The lowest BCUT2D eigenvalue weighted by Gasteiger charge is -2.08. The number of benzene rings is 1. The molecule has 0 aliphatic rings. The SMILES string of the molecule is CSc1cccc(OCc2cccs2)c1C#N. The van der Waals surface area contributed by atoms with Crippen molar-refractivity contribution in [2.24, 2.45) is 0 Å². The summed E-state index contributed by atoms with van der Waals surface area (Å²) in [6.07, 6.45) is 1.96. The van der Waals surface area contributed by atoms with E-state index in [0.717, 1.165) is 9.77 Å². The Hall–Kier alpha value is -1.44. The van der Waals surface area contributed by atoms with Crippen molar-refractivity contribution in [1.29, 1.82) is 5.26 Å². The molecule has 0 unspecified atom stereocenters. The molecule has 0 N–H and O–H groups in total. The van der Waals surface area contributed by atoms with Gasteiger partial charge in [-0.1, -0.05) is 12.1 Å². The molecule has 0 radical (unpaired) electrons. The summed E-state index contributed by atoms with van der Waals surface area (Å²) in [7, 11) is 0. The predicted molar refractivity (Wildman–Crippen MR) is 71.6 cm³/mol. The Balaban J connectivity index is 2.18. The second-order valence-corrected chi connectivity index (χ2v) is 5.19. The smallest absolute Gasteiger partial charge is 0.138 e. The van der Waals surface area contributed by atoms with E-state index >= 15 is 0 Å². The van der Waals surface area contributed by atoms with E-state index in [1.54, 1.807) is 23.1 Å². The van der Waals surface area contributed by atoms with Crippen LogP contribution in [0, 0.1) is 11.3 Å². The molecule has 4 heteroatoms. The highest BCUT2D eigenvalue weighted by molar-refractivity contribution is 7.98. The normalized spacial score (nSPS) is 9.88. The van der Waals surface area contributed by atoms with Gasteiger partial charge in [0.1, 0.15) is 24.0 Å². The first-order chi connectivity index (χ1) is 8.35. The minimum Gasteiger partial charge on any atom is -0.487 e. The van der Waals surface area contributed by atoms with Crippen LogP contribution in [0.1, 0.15) is 10.4 Å². The molecule has 0 saturated heterocycles. The molecule has 2 aromatic rings. The highest BCUT2D eigenvalue weighted by atomic mass is 32.2. The average molecular weight is 261 g/mol. The van der Waals surface area contributed by atoms with Gasteiger partial charge in [0.2, 0.25) is 0 Å². The molecule has 86 valence electrons. The van der Waals surface area contributed by atoms with Crippen LogP contribution in [0.25, 0.3) is 0 Å². The van der Waals surface area contributed by atoms with Crippen LogP contribution in [-0.2, 0) is 6.61 Å². The number of rotatable bonds is 4. The second kappa shape index (κ2) is 5.76. The van der Waals surface area contributed by atoms with E-state index in [-0.39, 0.29) is 0 Å². The molecule has 2 nitrogen and oxygen atoms in total. The summed E-state index contributed by atoms with van der Waals surface area (Å²) >= 11 is 3.21. The molecule has 0 aliphatic carbocycles. The molecule has 0 atom stereocenters. The van der Waals surface area contributed by atoms with Crippen LogP contribution in [0.15, 0.2) is 40.6 Å². The van der Waals surface area contributed by atoms with Crippen LogP contribution in [0.3, 0.4) is 0 Å². The Morgan fingerprint density at radius 3 is 2.88 bits per heavy atom. The summed E-state index contributed by atoms with van der Waals surface area (Å²) in [6, 6.07) is 11.9. The molecular weight excluding hydrogens is 250 g/mol. The number of thioether (sulfide) groups is 1. The minimum absolute atomic E-state index is 0.518. The van der Waals surface area contributed by atoms with Crippen LogP contribution < -0.4 is 4.74 Å². The summed E-state index contributed by atoms with van der Waals surface area (Å²) in [4.78, 5) is 2.11. The molecular formula is C13H11NOS2. The van der Waals surface area contributed by atoms with Gasteiger partial charge in [0.15, 0.2) is 0 Å². The van der Waals surface area contributed by atoms with Gasteiger partial charge < -0.3 is 4.74 Å². The summed E-state index contributed by atoms with van der Waals surface area (Å²) in [5, 5.41) is 11.2. The fourth-order valence-corrected chi connectivity index (χ4v) is 2.64. The maximum atomic E-state index is 9.15. The number of nitriles is 1. The van der Waals surface area contributed by atoms with E-state index in [1.807, 2.05) is 42.0 Å². The number of ether oxygens (including phenoxy) is 1. The zero-order chi connectivity index (χ0) is 12.1. The lowest BCUT2D eigenvalue weighted by Crippen LogP contribution is -1.96. The number of nitrogens with zero attached hydrogens (tertiary/aromatic N) is 1. The first-order valence-corrected chi connectivity index (χ1v) is 7.18. The molecule has 0 bridgehead atoms. The molecule has 1 heterocycles. The van der Waals surface area contributed by atoms with Gasteiger partial charge in [-0.3, -0.25) is 0 Å². The van der Waals surface area contributed by atoms with Crippen molar-refractivity contribution < 1.29 is 4.74 Å². The fraction of sp³-hybridized carbons (Fsp3) is 0.154. The third-order valence-corrected chi connectivity index (χ3v) is 3.90. The topological polar surface area (TPSA) is 33.0 Å². The van der Waals surface area contributed by atoms with E-state index in [0.29, 0.717) is 17.9 Å². The van der Waals surface area contributed by atoms with Gasteiger partial charge in [-0.2, -0.15) is 5.26 Å². The molecule has 2 rings (SSSR count). The zero-order valence-electron chi connectivity index (χ0n) is 9.34. The third-order valence-electron chi connectivity index (χ3n) is 2.27. The van der Waals surface area contributed by atoms with Crippen molar-refractivity contribution in [3.63, 3.8) is 0 Å². The maximum Gasteiger partial charge on any atom is 0.138 e. The fourth-order valence-electron chi connectivity index (χ4n) is 1.46. The average Bonchev–Trinajstić information content (AvgIpc) is 2.88. The van der Waals surface area contributed by atoms with Crippen LogP contribution in [0.2, 0.25) is 0 Å². The van der Waals surface area contributed by atoms with Crippen molar-refractivity contribution in [3.05, 3.63) is 46.2 Å². The summed E-state index contributed by atoms with van der Waals surface area (Å²) in [5.41, 5.74) is 0.622. The monoisotopic (exact) mass is 261 g/mol. The molecule has 0 saturated carbocycles. The quantitative estimate of drug-likeness (QED) is 0.782. The predicted octanol–water partition coefficient (Wildman–Crippen LogP) is 3.92. The largest absolute Gasteiger partial charge is 0.487 e. The van der Waals surface area contributed by atoms with E-state index in [2.05, 4.69) is 6.07 Å². The summed E-state index contributed by atoms with van der Waals surface area (Å²) in [5.74, 6) is 0.660. The third kappa shape index (κ3) is 2.82. The maximum absolute atomic E-state index is 9.15. The number of hydrogen-bond acceptors (Lipinski definition) is 4. The Morgan fingerprint density at radius 1 is 1.35 bits per heavy atom. The Bertz CT molecular complexity index is 529. The lowest BCUT2D eigenvalue weighted by atomic mass is 10.2. The Morgan fingerprint density at radius 2 is 2.24 bits per heavy atom. The Labute approximate surface area is 109 Å². The van der Waals surface area contributed by atoms with Crippen molar-refractivity contribution in [3.8, 4) is 11.8 Å². The Kier molecular flexibility index (Phi) is 4.08. The van der Waals surface area contributed by atoms with Crippen molar-refractivity contribution in [1.82, 2.24) is 0 Å². The van der Waals surface area contributed by atoms with E-state index in [1.165, 1.54) is 0 Å². The molecule has 0 fully saturated rings. The van der Waals surface area contributed by atoms with Crippen molar-refractivity contribution >= 4 is 23.1 Å². The van der Waals surface area contributed by atoms with Gasteiger partial charge in [-0.15, -0.1) is 23.1 Å². The highest BCUT2D eigenvalue weighted by Crippen LogP contribution is 2.28. The molecule has 1 aromatic carbocycles. The molecule has 1 aromatic heterocycles. The zero-order valence-corrected chi connectivity index (χ0v) is 11.0. The van der Waals surface area contributed by atoms with E-state index in [9.17, 15) is 0 Å². The minimum atomic E-state index is 0.518. The van der Waals surface area contributed by atoms with Gasteiger partial charge in [0.05, 0.1) is 0 Å². The van der Waals surface area contributed by atoms with Crippen molar-refractivity contribution in [2.45, 2.75) is 11.5 Å². The van der Waals surface area contributed by atoms with Gasteiger partial charge in [0, 0.05) is 9.77 Å². The van der Waals surface area contributed by atoms with Crippen LogP contribution >= 0.6 is 23.1 Å². The standard InChI is InChI=1S/C13H11NOS2/c1-16-13-6-2-5-12(11(13)8-14)15-9-10-4-3-7-17-10/h2-7H,9H2,1H3. The number of hydrogen-bond donors (Lipinski definition) is 0. The first-order valence-electron chi connectivity index (χ1n) is 5.07. The lowest BCUT2D eigenvalue weighted by molar-refractivity contribution is 0.308.